The number of benzene rings is 11. The zero-order valence-electron chi connectivity index (χ0n) is 44.5. The number of pyridine rings is 3. The molecule has 0 radical (unpaired) electrons. The van der Waals surface area contributed by atoms with Crippen LogP contribution < -0.4 is 0 Å². The summed E-state index contributed by atoms with van der Waals surface area (Å²) < 4.78 is 0. The molecule has 3 aromatic heterocycles. The first-order valence-corrected chi connectivity index (χ1v) is 27.0. The van der Waals surface area contributed by atoms with Gasteiger partial charge in [-0.2, -0.15) is 11.3 Å². The van der Waals surface area contributed by atoms with Crippen LogP contribution in [-0.2, 0) is 20.1 Å². The first kappa shape index (κ1) is 51.7. The molecule has 0 aliphatic heterocycles. The minimum Gasteiger partial charge on any atom is -0.304 e. The Morgan fingerprint density at radius 3 is 1.31 bits per heavy atom. The van der Waals surface area contributed by atoms with Crippen molar-refractivity contribution in [3.8, 4) is 118 Å². The number of rotatable bonds is 10. The molecule has 0 aliphatic carbocycles. The largest absolute Gasteiger partial charge is 3.00 e. The molecule has 3 heterocycles. The first-order valence-electron chi connectivity index (χ1n) is 27.0. The molecule has 5 nitrogen and oxygen atoms in total. The van der Waals surface area contributed by atoms with E-state index in [1.165, 1.54) is 32.3 Å². The predicted octanol–water partition coefficient (Wildman–Crippen LogP) is 19.8. The van der Waals surface area contributed by atoms with Crippen LogP contribution in [0.5, 0.6) is 0 Å². The Morgan fingerprint density at radius 1 is 0.325 bits per heavy atom. The van der Waals surface area contributed by atoms with E-state index in [1.54, 1.807) is 24.3 Å². The Labute approximate surface area is 495 Å². The minimum absolute atomic E-state index is 0. The maximum Gasteiger partial charge on any atom is 3.00 e. The molecular weight excluding hydrogens is 1190 g/mol. The zero-order chi connectivity index (χ0) is 54.9. The molecule has 0 unspecified atom stereocenters. The smallest absolute Gasteiger partial charge is 0.304 e. The van der Waals surface area contributed by atoms with E-state index in [0.29, 0.717) is 11.3 Å². The van der Waals surface area contributed by atoms with E-state index in [-0.39, 0.29) is 20.1 Å². The summed E-state index contributed by atoms with van der Waals surface area (Å²) in [4.78, 5) is 18.7. The summed E-state index contributed by atoms with van der Waals surface area (Å²) in [5.74, 6) is 0. The van der Waals surface area contributed by atoms with Gasteiger partial charge in [-0.1, -0.05) is 164 Å². The third-order valence-electron chi connectivity index (χ3n) is 15.4. The van der Waals surface area contributed by atoms with Crippen molar-refractivity contribution in [2.24, 2.45) is 0 Å². The predicted molar refractivity (Wildman–Crippen MR) is 334 cm³/mol. The average molecular weight is 1230 g/mol. The van der Waals surface area contributed by atoms with Gasteiger partial charge in [-0.25, -0.2) is 0 Å². The van der Waals surface area contributed by atoms with Crippen molar-refractivity contribution in [2.75, 3.05) is 0 Å². The Bertz CT molecular complexity index is 4680. The summed E-state index contributed by atoms with van der Waals surface area (Å²) in [5.41, 5.74) is 20.2. The molecule has 0 aliphatic rings. The summed E-state index contributed by atoms with van der Waals surface area (Å²) in [6, 6.07) is 98.3. The van der Waals surface area contributed by atoms with Gasteiger partial charge in [0.05, 0.1) is 12.6 Å². The van der Waals surface area contributed by atoms with Crippen molar-refractivity contribution in [2.45, 2.75) is 0 Å². The monoisotopic (exact) mass is 1230 g/mol. The molecule has 11 aromatic carbocycles. The van der Waals surface area contributed by atoms with E-state index in [2.05, 4.69) is 211 Å². The summed E-state index contributed by atoms with van der Waals surface area (Å²) >= 11 is 0. The molecule has 0 fully saturated rings. The van der Waals surface area contributed by atoms with E-state index < -0.39 is 0 Å². The molecule has 0 saturated heterocycles. The van der Waals surface area contributed by atoms with E-state index >= 15 is 0 Å². The van der Waals surface area contributed by atoms with Gasteiger partial charge in [0.1, 0.15) is 5.69 Å². The van der Waals surface area contributed by atoms with E-state index in [0.717, 1.165) is 112 Å². The third-order valence-corrected chi connectivity index (χ3v) is 15.4. The molecule has 14 aromatic rings. The van der Waals surface area contributed by atoms with Gasteiger partial charge in [0, 0.05) is 24.2 Å². The molecule has 14 rings (SSSR count). The Morgan fingerprint density at radius 2 is 0.783 bits per heavy atom. The summed E-state index contributed by atoms with van der Waals surface area (Å²) in [5, 5.41) is 16.9. The van der Waals surface area contributed by atoms with Crippen LogP contribution in [0.25, 0.3) is 149 Å². The van der Waals surface area contributed by atoms with Crippen LogP contribution in [0.3, 0.4) is 0 Å². The maximum atomic E-state index is 9.63. The van der Waals surface area contributed by atoms with Crippen molar-refractivity contribution in [1.29, 1.82) is 5.26 Å². The Kier molecular flexibility index (Phi) is 14.0. The second kappa shape index (κ2) is 22.4. The van der Waals surface area contributed by atoms with Crippen LogP contribution in [0.2, 0.25) is 0 Å². The molecule has 0 bridgehead atoms. The molecule has 6 heteroatoms. The Hall–Kier alpha value is -10.7. The number of aromatic nitrogens is 3. The van der Waals surface area contributed by atoms with Gasteiger partial charge in [0.2, 0.25) is 0 Å². The SMILES string of the molecule is [C-]#[N+]c1cc[c-]c(-c2ccc(-c3ccccc3-c3cc(-c4ccccc4-c4ccc(-c5[c-]ccc(C#N)c5)nc4)cc(-c4ccccc4-c4cnc(-c5[c-]cccc5)cc4-c4ccc5c6ccccc6c6ccccc6c5c4)c3)cn2)c1.[Ir+3]. The van der Waals surface area contributed by atoms with E-state index in [4.69, 9.17) is 21.5 Å². The molecule has 83 heavy (non-hydrogen) atoms. The molecule has 0 saturated carbocycles. The summed E-state index contributed by atoms with van der Waals surface area (Å²) in [6.45, 7) is 7.58. The number of hydrogen-bond donors (Lipinski definition) is 0. The van der Waals surface area contributed by atoms with Crippen LogP contribution >= 0.6 is 0 Å². The van der Waals surface area contributed by atoms with Gasteiger partial charge in [-0.3, -0.25) is 4.85 Å². The van der Waals surface area contributed by atoms with Crippen LogP contribution in [0, 0.1) is 36.1 Å². The fourth-order valence-corrected chi connectivity index (χ4v) is 11.5. The molecule has 0 atom stereocenters. The second-order valence-corrected chi connectivity index (χ2v) is 20.2. The number of fused-ring (bicyclic) bond motifs is 6. The van der Waals surface area contributed by atoms with Crippen molar-refractivity contribution in [3.05, 3.63) is 302 Å². The Balaban J connectivity index is 0.00000645. The topological polar surface area (TPSA) is 66.8 Å². The standard InChI is InChI=1S/C77H44N5.Ir/c1-79-60-22-16-21-54(43-60)76-38-35-56(48-81-76)62-24-6-8-26-64(62)58-40-57(63-25-7-5-23-61(63)55-34-37-75(80-47-55)53-20-15-17-50(39-53)46-78)41-59(42-58)65-27-9-10-28-66(65)74-49-82-77(51-18-3-2-4-19-51)45-72(74)52-33-36-71-69-31-12-11-29-67(69)68-30-13-14-32-70(68)73(71)44-52;/h2-18,22-45,47-49H;/q-3;+3. The quantitative estimate of drug-likeness (QED) is 0.101. The first-order chi connectivity index (χ1) is 40.5. The van der Waals surface area contributed by atoms with E-state index in [1.807, 2.05) is 61.1 Å². The second-order valence-electron chi connectivity index (χ2n) is 20.2. The minimum atomic E-state index is 0. The molecule has 0 spiro atoms. The van der Waals surface area contributed by atoms with Crippen LogP contribution in [0.4, 0.5) is 5.69 Å². The summed E-state index contributed by atoms with van der Waals surface area (Å²) in [7, 11) is 0. The van der Waals surface area contributed by atoms with Gasteiger partial charge in [0.25, 0.3) is 0 Å². The zero-order valence-corrected chi connectivity index (χ0v) is 46.9. The van der Waals surface area contributed by atoms with E-state index in [9.17, 15) is 5.26 Å². The van der Waals surface area contributed by atoms with Crippen LogP contribution in [0.15, 0.2) is 267 Å². The van der Waals surface area contributed by atoms with Crippen molar-refractivity contribution >= 4 is 38.0 Å². The van der Waals surface area contributed by atoms with Crippen LogP contribution in [0.1, 0.15) is 5.56 Å². The van der Waals surface area contributed by atoms with Crippen molar-refractivity contribution in [3.63, 3.8) is 0 Å². The van der Waals surface area contributed by atoms with Gasteiger partial charge in [0.15, 0.2) is 0 Å². The van der Waals surface area contributed by atoms with Crippen molar-refractivity contribution in [1.82, 2.24) is 15.0 Å². The molecular formula is C77H44IrN5. The molecule has 0 amide bonds. The number of nitrogens with zero attached hydrogens (tertiary/aromatic N) is 5. The van der Waals surface area contributed by atoms with Crippen LogP contribution in [-0.4, -0.2) is 15.0 Å². The number of nitriles is 1. The van der Waals surface area contributed by atoms with Crippen molar-refractivity contribution < 1.29 is 20.1 Å². The fraction of sp³-hybridized carbons (Fsp3) is 0. The van der Waals surface area contributed by atoms with Gasteiger partial charge in [-0.05, 0) is 152 Å². The summed E-state index contributed by atoms with van der Waals surface area (Å²) in [6.07, 6.45) is 5.86. The van der Waals surface area contributed by atoms with Gasteiger partial charge >= 0.3 is 20.1 Å². The molecule has 386 valence electrons. The maximum absolute atomic E-state index is 9.63. The van der Waals surface area contributed by atoms with Gasteiger partial charge < -0.3 is 15.0 Å². The average Bonchev–Trinajstić information content (AvgIpc) is 3.46. The number of hydrogen-bond acceptors (Lipinski definition) is 4. The molecule has 0 N–H and O–H groups in total. The fourth-order valence-electron chi connectivity index (χ4n) is 11.5. The normalized spacial score (nSPS) is 11.0. The van der Waals surface area contributed by atoms with Gasteiger partial charge in [-0.15, -0.1) is 89.5 Å². The third kappa shape index (κ3) is 9.86.